The molecule has 124 valence electrons. The molecule has 1 heterocycles. The molecule has 1 atom stereocenters. The van der Waals surface area contributed by atoms with Gasteiger partial charge in [0.15, 0.2) is 4.34 Å². The van der Waals surface area contributed by atoms with Gasteiger partial charge < -0.3 is 10.6 Å². The summed E-state index contributed by atoms with van der Waals surface area (Å²) in [5, 5.41) is 15.2. The lowest BCUT2D eigenvalue weighted by molar-refractivity contribution is -0.120. The lowest BCUT2D eigenvalue weighted by Crippen LogP contribution is -2.35. The van der Waals surface area contributed by atoms with Crippen molar-refractivity contribution in [1.82, 2.24) is 15.5 Å². The standard InChI is InChI=1S/C15H26N4OS2/c1-3-9-16-14-18-19-15(22-14)21-11(2)13(20)17-10-12-7-5-4-6-8-12/h11-12H,3-10H2,1-2H3,(H,16,18)(H,17,20). The first-order valence-electron chi connectivity index (χ1n) is 8.20. The lowest BCUT2D eigenvalue weighted by atomic mass is 9.89. The summed E-state index contributed by atoms with van der Waals surface area (Å²) >= 11 is 3.00. The van der Waals surface area contributed by atoms with E-state index in [4.69, 9.17) is 0 Å². The quantitative estimate of drug-likeness (QED) is 0.707. The zero-order chi connectivity index (χ0) is 15.8. The fraction of sp³-hybridized carbons (Fsp3) is 0.800. The van der Waals surface area contributed by atoms with Crippen LogP contribution in [0.4, 0.5) is 5.13 Å². The van der Waals surface area contributed by atoms with Gasteiger partial charge in [-0.05, 0) is 32.1 Å². The molecule has 5 nitrogen and oxygen atoms in total. The number of carbonyl (C=O) groups excluding carboxylic acids is 1. The minimum atomic E-state index is -0.129. The third kappa shape index (κ3) is 5.76. The van der Waals surface area contributed by atoms with Gasteiger partial charge in [-0.15, -0.1) is 10.2 Å². The van der Waals surface area contributed by atoms with Gasteiger partial charge in [0.05, 0.1) is 5.25 Å². The van der Waals surface area contributed by atoms with Crippen LogP contribution in [0.15, 0.2) is 4.34 Å². The van der Waals surface area contributed by atoms with Crippen LogP contribution >= 0.6 is 23.1 Å². The van der Waals surface area contributed by atoms with Crippen LogP contribution < -0.4 is 10.6 Å². The molecule has 0 aliphatic heterocycles. The maximum absolute atomic E-state index is 12.2. The first-order chi connectivity index (χ1) is 10.7. The maximum Gasteiger partial charge on any atom is 0.233 e. The molecule has 1 aromatic rings. The van der Waals surface area contributed by atoms with Crippen LogP contribution in [-0.4, -0.2) is 34.4 Å². The van der Waals surface area contributed by atoms with Crippen molar-refractivity contribution in [2.75, 3.05) is 18.4 Å². The van der Waals surface area contributed by atoms with Crippen LogP contribution in [0.5, 0.6) is 0 Å². The molecule has 0 spiro atoms. The Hall–Kier alpha value is -0.820. The molecule has 1 aliphatic rings. The number of hydrogen-bond donors (Lipinski definition) is 2. The summed E-state index contributed by atoms with van der Waals surface area (Å²) in [6.07, 6.45) is 7.53. The summed E-state index contributed by atoms with van der Waals surface area (Å²) in [7, 11) is 0. The van der Waals surface area contributed by atoms with Gasteiger partial charge in [0, 0.05) is 13.1 Å². The van der Waals surface area contributed by atoms with Crippen molar-refractivity contribution in [3.8, 4) is 0 Å². The topological polar surface area (TPSA) is 66.9 Å². The molecule has 7 heteroatoms. The van der Waals surface area contributed by atoms with Crippen molar-refractivity contribution in [3.63, 3.8) is 0 Å². The second kappa shape index (κ2) is 9.35. The van der Waals surface area contributed by atoms with E-state index in [1.807, 2.05) is 6.92 Å². The van der Waals surface area contributed by atoms with Gasteiger partial charge >= 0.3 is 0 Å². The molecule has 0 saturated heterocycles. The van der Waals surface area contributed by atoms with E-state index in [9.17, 15) is 4.79 Å². The molecule has 1 amide bonds. The Morgan fingerprint density at radius 2 is 2.14 bits per heavy atom. The van der Waals surface area contributed by atoms with Gasteiger partial charge in [-0.2, -0.15) is 0 Å². The minimum absolute atomic E-state index is 0.105. The Balaban J connectivity index is 1.72. The molecule has 0 aromatic carbocycles. The Bertz CT molecular complexity index is 460. The molecule has 22 heavy (non-hydrogen) atoms. The minimum Gasteiger partial charge on any atom is -0.360 e. The Labute approximate surface area is 141 Å². The van der Waals surface area contributed by atoms with Gasteiger partial charge in [0.25, 0.3) is 0 Å². The summed E-state index contributed by atoms with van der Waals surface area (Å²) in [6, 6.07) is 0. The molecular weight excluding hydrogens is 316 g/mol. The second-order valence-electron chi connectivity index (χ2n) is 5.81. The molecule has 2 N–H and O–H groups in total. The van der Waals surface area contributed by atoms with Crippen molar-refractivity contribution < 1.29 is 4.79 Å². The number of hydrogen-bond acceptors (Lipinski definition) is 6. The van der Waals surface area contributed by atoms with Crippen molar-refractivity contribution in [2.45, 2.75) is 62.0 Å². The van der Waals surface area contributed by atoms with Crippen LogP contribution in [-0.2, 0) is 4.79 Å². The Morgan fingerprint density at radius 1 is 1.36 bits per heavy atom. The number of amides is 1. The van der Waals surface area contributed by atoms with E-state index in [2.05, 4.69) is 27.8 Å². The predicted molar refractivity (Wildman–Crippen MR) is 93.6 cm³/mol. The third-order valence-electron chi connectivity index (χ3n) is 3.87. The number of aromatic nitrogens is 2. The molecule has 1 fully saturated rings. The summed E-state index contributed by atoms with van der Waals surface area (Å²) in [4.78, 5) is 12.2. The summed E-state index contributed by atoms with van der Waals surface area (Å²) in [6.45, 7) is 5.77. The highest BCUT2D eigenvalue weighted by Gasteiger charge is 2.19. The molecule has 1 unspecified atom stereocenters. The van der Waals surface area contributed by atoms with Gasteiger partial charge in [-0.25, -0.2) is 0 Å². The average Bonchev–Trinajstić information content (AvgIpc) is 2.99. The van der Waals surface area contributed by atoms with Crippen LogP contribution in [0, 0.1) is 5.92 Å². The van der Waals surface area contributed by atoms with Crippen molar-refractivity contribution in [3.05, 3.63) is 0 Å². The molecule has 1 saturated carbocycles. The molecule has 0 radical (unpaired) electrons. The van der Waals surface area contributed by atoms with E-state index >= 15 is 0 Å². The highest BCUT2D eigenvalue weighted by atomic mass is 32.2. The summed E-state index contributed by atoms with van der Waals surface area (Å²) in [5.41, 5.74) is 0. The number of thioether (sulfide) groups is 1. The van der Waals surface area contributed by atoms with E-state index < -0.39 is 0 Å². The van der Waals surface area contributed by atoms with Gasteiger partial charge in [0.1, 0.15) is 0 Å². The second-order valence-corrected chi connectivity index (χ2v) is 8.37. The summed E-state index contributed by atoms with van der Waals surface area (Å²) < 4.78 is 0.846. The van der Waals surface area contributed by atoms with Crippen molar-refractivity contribution in [2.24, 2.45) is 5.92 Å². The lowest BCUT2D eigenvalue weighted by Gasteiger charge is -2.22. The van der Waals surface area contributed by atoms with Crippen molar-refractivity contribution >= 4 is 34.1 Å². The predicted octanol–water partition coefficient (Wildman–Crippen LogP) is 3.54. The fourth-order valence-corrected chi connectivity index (χ4v) is 4.49. The van der Waals surface area contributed by atoms with E-state index in [-0.39, 0.29) is 11.2 Å². The van der Waals surface area contributed by atoms with Gasteiger partial charge in [0.2, 0.25) is 11.0 Å². The molecule has 1 aromatic heterocycles. The number of anilines is 1. The Morgan fingerprint density at radius 3 is 2.86 bits per heavy atom. The monoisotopic (exact) mass is 342 g/mol. The highest BCUT2D eigenvalue weighted by Crippen LogP contribution is 2.29. The van der Waals surface area contributed by atoms with Crippen LogP contribution in [0.25, 0.3) is 0 Å². The first kappa shape index (κ1) is 17.5. The fourth-order valence-electron chi connectivity index (χ4n) is 2.55. The number of rotatable bonds is 8. The molecule has 1 aliphatic carbocycles. The zero-order valence-electron chi connectivity index (χ0n) is 13.4. The van der Waals surface area contributed by atoms with E-state index in [0.29, 0.717) is 5.92 Å². The van der Waals surface area contributed by atoms with Crippen LogP contribution in [0.1, 0.15) is 52.4 Å². The van der Waals surface area contributed by atoms with E-state index in [1.54, 1.807) is 0 Å². The highest BCUT2D eigenvalue weighted by molar-refractivity contribution is 8.02. The molecule has 2 rings (SSSR count). The maximum atomic E-state index is 12.2. The molecule has 0 bridgehead atoms. The largest absolute Gasteiger partial charge is 0.360 e. The Kier molecular flexibility index (Phi) is 7.45. The SMILES string of the molecule is CCCNc1nnc(SC(C)C(=O)NCC2CCCCC2)s1. The normalized spacial score (nSPS) is 17.2. The number of carbonyl (C=O) groups is 1. The van der Waals surface area contributed by atoms with Gasteiger partial charge in [-0.1, -0.05) is 49.3 Å². The summed E-state index contributed by atoms with van der Waals surface area (Å²) in [5.74, 6) is 0.773. The van der Waals surface area contributed by atoms with E-state index in [1.165, 1.54) is 55.2 Å². The van der Waals surface area contributed by atoms with Crippen LogP contribution in [0.2, 0.25) is 0 Å². The first-order valence-corrected chi connectivity index (χ1v) is 9.90. The number of nitrogens with zero attached hydrogens (tertiary/aromatic N) is 2. The van der Waals surface area contributed by atoms with Crippen LogP contribution in [0.3, 0.4) is 0 Å². The van der Waals surface area contributed by atoms with Gasteiger partial charge in [-0.3, -0.25) is 4.79 Å². The average molecular weight is 343 g/mol. The molecular formula is C15H26N4OS2. The smallest absolute Gasteiger partial charge is 0.233 e. The van der Waals surface area contributed by atoms with E-state index in [0.717, 1.165) is 29.0 Å². The number of nitrogens with one attached hydrogen (secondary N) is 2. The third-order valence-corrected chi connectivity index (χ3v) is 5.93. The zero-order valence-corrected chi connectivity index (χ0v) is 15.1. The van der Waals surface area contributed by atoms with Crippen molar-refractivity contribution in [1.29, 1.82) is 0 Å².